The van der Waals surface area contributed by atoms with Crippen molar-refractivity contribution in [3.8, 4) is 5.75 Å². The first-order valence-electron chi connectivity index (χ1n) is 6.67. The second-order valence-electron chi connectivity index (χ2n) is 6.47. The number of methoxy groups -OCH3 is 1. The fourth-order valence-electron chi connectivity index (χ4n) is 2.67. The van der Waals surface area contributed by atoms with Crippen LogP contribution in [0.25, 0.3) is 0 Å². The van der Waals surface area contributed by atoms with Crippen molar-refractivity contribution in [2.45, 2.75) is 45.4 Å². The van der Waals surface area contributed by atoms with Crippen LogP contribution in [0.15, 0.2) is 12.1 Å². The van der Waals surface area contributed by atoms with E-state index in [0.717, 1.165) is 28.9 Å². The molecule has 1 saturated carbocycles. The monoisotopic (exact) mass is 262 g/mol. The van der Waals surface area contributed by atoms with E-state index in [1.165, 1.54) is 0 Å². The molecule has 0 spiro atoms. The van der Waals surface area contributed by atoms with E-state index >= 15 is 0 Å². The molecule has 0 aliphatic heterocycles. The molecule has 1 N–H and O–H groups in total. The van der Waals surface area contributed by atoms with Gasteiger partial charge in [0.15, 0.2) is 0 Å². The molecular formula is C16H22O3. The lowest BCUT2D eigenvalue weighted by Gasteiger charge is -2.25. The van der Waals surface area contributed by atoms with Crippen molar-refractivity contribution in [2.24, 2.45) is 5.92 Å². The Bertz CT molecular complexity index is 511. The minimum Gasteiger partial charge on any atom is -0.496 e. The molecule has 3 nitrogen and oxygen atoms in total. The van der Waals surface area contributed by atoms with E-state index in [4.69, 9.17) is 9.84 Å². The van der Waals surface area contributed by atoms with E-state index in [1.807, 2.05) is 0 Å². The molecule has 2 rings (SSSR count). The van der Waals surface area contributed by atoms with Crippen LogP contribution in [0.5, 0.6) is 5.75 Å². The maximum Gasteiger partial charge on any atom is 0.307 e. The minimum atomic E-state index is -0.703. The van der Waals surface area contributed by atoms with Gasteiger partial charge < -0.3 is 9.84 Å². The molecule has 0 bridgehead atoms. The van der Waals surface area contributed by atoms with Crippen LogP contribution >= 0.6 is 0 Å². The van der Waals surface area contributed by atoms with Crippen molar-refractivity contribution in [3.05, 3.63) is 28.8 Å². The van der Waals surface area contributed by atoms with Gasteiger partial charge >= 0.3 is 5.97 Å². The highest BCUT2D eigenvalue weighted by Gasteiger charge is 2.46. The number of aryl methyl sites for hydroxylation is 1. The van der Waals surface area contributed by atoms with E-state index in [1.54, 1.807) is 7.11 Å². The Labute approximate surface area is 114 Å². The maximum absolute atomic E-state index is 11.1. The lowest BCUT2D eigenvalue weighted by atomic mass is 9.83. The number of carbonyl (C=O) groups is 1. The SMILES string of the molecule is COc1c(C2CC2C(=O)O)cc(C)cc1C(C)(C)C. The summed E-state index contributed by atoms with van der Waals surface area (Å²) in [6.45, 7) is 8.50. The third kappa shape index (κ3) is 2.60. The zero-order valence-electron chi connectivity index (χ0n) is 12.3. The predicted octanol–water partition coefficient (Wildman–Crippen LogP) is 3.49. The number of benzene rings is 1. The van der Waals surface area contributed by atoms with E-state index < -0.39 is 5.97 Å². The van der Waals surface area contributed by atoms with Gasteiger partial charge in [-0.2, -0.15) is 0 Å². The standard InChI is InChI=1S/C16H22O3/c1-9-6-11(10-8-12(10)15(17)18)14(19-5)13(7-9)16(2,3)4/h6-7,10,12H,8H2,1-5H3,(H,17,18). The number of rotatable bonds is 3. The number of hydrogen-bond donors (Lipinski definition) is 1. The Kier molecular flexibility index (Phi) is 3.33. The quantitative estimate of drug-likeness (QED) is 0.907. The largest absolute Gasteiger partial charge is 0.496 e. The molecular weight excluding hydrogens is 240 g/mol. The molecule has 1 aromatic rings. The lowest BCUT2D eigenvalue weighted by molar-refractivity contribution is -0.138. The number of carboxylic acid groups (broad SMARTS) is 1. The summed E-state index contributed by atoms with van der Waals surface area (Å²) >= 11 is 0. The van der Waals surface area contributed by atoms with Crippen molar-refractivity contribution in [3.63, 3.8) is 0 Å². The molecule has 3 heteroatoms. The third-order valence-corrected chi connectivity index (χ3v) is 3.78. The van der Waals surface area contributed by atoms with E-state index in [2.05, 4.69) is 39.8 Å². The van der Waals surface area contributed by atoms with Gasteiger partial charge in [0.2, 0.25) is 0 Å². The van der Waals surface area contributed by atoms with Crippen molar-refractivity contribution >= 4 is 5.97 Å². The van der Waals surface area contributed by atoms with Gasteiger partial charge in [-0.15, -0.1) is 0 Å². The highest BCUT2D eigenvalue weighted by Crippen LogP contribution is 2.52. The number of aliphatic carboxylic acids is 1. The molecule has 1 fully saturated rings. The van der Waals surface area contributed by atoms with Gasteiger partial charge in [-0.1, -0.05) is 38.5 Å². The molecule has 0 heterocycles. The fraction of sp³-hybridized carbons (Fsp3) is 0.562. The van der Waals surface area contributed by atoms with Crippen LogP contribution in [0, 0.1) is 12.8 Å². The second-order valence-corrected chi connectivity index (χ2v) is 6.47. The summed E-state index contributed by atoms with van der Waals surface area (Å²) in [6.07, 6.45) is 0.721. The molecule has 2 atom stereocenters. The van der Waals surface area contributed by atoms with Crippen LogP contribution in [0.2, 0.25) is 0 Å². The number of carboxylic acids is 1. The topological polar surface area (TPSA) is 46.5 Å². The van der Waals surface area contributed by atoms with Crippen molar-refractivity contribution in [2.75, 3.05) is 7.11 Å². The first-order valence-corrected chi connectivity index (χ1v) is 6.67. The van der Waals surface area contributed by atoms with Gasteiger partial charge in [-0.05, 0) is 24.3 Å². The van der Waals surface area contributed by atoms with E-state index in [9.17, 15) is 4.79 Å². The van der Waals surface area contributed by atoms with Crippen molar-refractivity contribution in [1.82, 2.24) is 0 Å². The summed E-state index contributed by atoms with van der Waals surface area (Å²) < 4.78 is 5.59. The first-order chi connectivity index (χ1) is 8.75. The molecule has 104 valence electrons. The Hall–Kier alpha value is -1.51. The normalized spacial score (nSPS) is 22.2. The Morgan fingerprint density at radius 3 is 2.42 bits per heavy atom. The summed E-state index contributed by atoms with van der Waals surface area (Å²) in [6, 6.07) is 4.21. The van der Waals surface area contributed by atoms with Crippen LogP contribution in [0.4, 0.5) is 0 Å². The zero-order chi connectivity index (χ0) is 14.4. The third-order valence-electron chi connectivity index (χ3n) is 3.78. The molecule has 0 aromatic heterocycles. The minimum absolute atomic E-state index is 0.0142. The van der Waals surface area contributed by atoms with Gasteiger partial charge in [0.25, 0.3) is 0 Å². The summed E-state index contributed by atoms with van der Waals surface area (Å²) in [5.41, 5.74) is 3.36. The molecule has 1 aromatic carbocycles. The predicted molar refractivity (Wildman–Crippen MR) is 74.9 cm³/mol. The second kappa shape index (κ2) is 4.55. The molecule has 1 aliphatic rings. The van der Waals surface area contributed by atoms with Gasteiger partial charge in [-0.25, -0.2) is 0 Å². The van der Waals surface area contributed by atoms with Gasteiger partial charge in [0, 0.05) is 11.5 Å². The van der Waals surface area contributed by atoms with Gasteiger partial charge in [0.1, 0.15) is 5.75 Å². The zero-order valence-corrected chi connectivity index (χ0v) is 12.3. The molecule has 19 heavy (non-hydrogen) atoms. The number of ether oxygens (including phenoxy) is 1. The smallest absolute Gasteiger partial charge is 0.307 e. The van der Waals surface area contributed by atoms with Crippen LogP contribution in [0.3, 0.4) is 0 Å². The van der Waals surface area contributed by atoms with Crippen molar-refractivity contribution in [1.29, 1.82) is 0 Å². The summed E-state index contributed by atoms with van der Waals surface area (Å²) in [4.78, 5) is 11.1. The molecule has 0 amide bonds. The van der Waals surface area contributed by atoms with Crippen LogP contribution < -0.4 is 4.74 Å². The highest BCUT2D eigenvalue weighted by molar-refractivity contribution is 5.76. The molecule has 0 radical (unpaired) electrons. The van der Waals surface area contributed by atoms with Crippen LogP contribution in [-0.4, -0.2) is 18.2 Å². The average molecular weight is 262 g/mol. The number of hydrogen-bond acceptors (Lipinski definition) is 2. The van der Waals surface area contributed by atoms with Crippen molar-refractivity contribution < 1.29 is 14.6 Å². The highest BCUT2D eigenvalue weighted by atomic mass is 16.5. The van der Waals surface area contributed by atoms with Gasteiger partial charge in [-0.3, -0.25) is 4.79 Å². The molecule has 1 aliphatic carbocycles. The van der Waals surface area contributed by atoms with E-state index in [0.29, 0.717) is 0 Å². The first kappa shape index (κ1) is 13.9. The Morgan fingerprint density at radius 2 is 2.00 bits per heavy atom. The van der Waals surface area contributed by atoms with Gasteiger partial charge in [0.05, 0.1) is 13.0 Å². The van der Waals surface area contributed by atoms with Crippen LogP contribution in [-0.2, 0) is 10.2 Å². The molecule has 2 unspecified atom stereocenters. The van der Waals surface area contributed by atoms with Crippen LogP contribution in [0.1, 0.15) is 49.8 Å². The lowest BCUT2D eigenvalue weighted by Crippen LogP contribution is -2.14. The maximum atomic E-state index is 11.1. The summed E-state index contributed by atoms with van der Waals surface area (Å²) in [5.74, 6) is 0.0229. The fourth-order valence-corrected chi connectivity index (χ4v) is 2.67. The Morgan fingerprint density at radius 1 is 1.37 bits per heavy atom. The summed E-state index contributed by atoms with van der Waals surface area (Å²) in [5, 5.41) is 9.11. The van der Waals surface area contributed by atoms with E-state index in [-0.39, 0.29) is 17.3 Å². The summed E-state index contributed by atoms with van der Waals surface area (Å²) in [7, 11) is 1.67. The average Bonchev–Trinajstić information content (AvgIpc) is 3.06. The molecule has 0 saturated heterocycles. The Balaban J connectivity index is 2.50.